The Balaban J connectivity index is 1.33. The number of nitrogens with zero attached hydrogens (tertiary/aromatic N) is 2. The van der Waals surface area contributed by atoms with Gasteiger partial charge in [0.25, 0.3) is 0 Å². The van der Waals surface area contributed by atoms with Crippen LogP contribution in [0.1, 0.15) is 0 Å². The summed E-state index contributed by atoms with van der Waals surface area (Å²) in [5.41, 5.74) is 10.2. The van der Waals surface area contributed by atoms with Crippen LogP contribution in [0.4, 0.5) is 25.8 Å². The molecule has 0 saturated heterocycles. The average molecular weight is 699 g/mol. The molecule has 2 nitrogen and oxygen atoms in total. The first-order chi connectivity index (χ1) is 26.6. The molecule has 0 aliphatic rings. The zero-order valence-corrected chi connectivity index (χ0v) is 29.1. The Kier molecular flexibility index (Phi) is 7.55. The van der Waals surface area contributed by atoms with Crippen LogP contribution in [0.25, 0.3) is 71.3 Å². The first-order valence-corrected chi connectivity index (χ1v) is 18.1. The van der Waals surface area contributed by atoms with E-state index >= 15 is 0 Å². The van der Waals surface area contributed by atoms with E-state index in [1.807, 2.05) is 48.5 Å². The van der Waals surface area contributed by atoms with Crippen LogP contribution in [0.15, 0.2) is 194 Å². The third-order valence-electron chi connectivity index (χ3n) is 10.5. The number of anilines is 3. The summed E-state index contributed by atoms with van der Waals surface area (Å²) in [4.78, 5) is 2.33. The Bertz CT molecular complexity index is 2990. The Morgan fingerprint density at radius 2 is 0.907 bits per heavy atom. The molecule has 0 unspecified atom stereocenters. The molecule has 4 heteroatoms. The van der Waals surface area contributed by atoms with Gasteiger partial charge in [0.1, 0.15) is 11.6 Å². The van der Waals surface area contributed by atoms with Crippen molar-refractivity contribution in [2.24, 2.45) is 0 Å². The van der Waals surface area contributed by atoms with Gasteiger partial charge in [0, 0.05) is 33.2 Å². The lowest BCUT2D eigenvalue weighted by atomic mass is 9.85. The highest BCUT2D eigenvalue weighted by atomic mass is 19.1. The minimum absolute atomic E-state index is 0.282. The van der Waals surface area contributed by atoms with Crippen LogP contribution in [-0.2, 0) is 0 Å². The van der Waals surface area contributed by atoms with E-state index in [4.69, 9.17) is 0 Å². The molecule has 256 valence electrons. The van der Waals surface area contributed by atoms with Crippen molar-refractivity contribution in [3.05, 3.63) is 206 Å². The molecule has 0 spiro atoms. The molecule has 1 aromatic heterocycles. The highest BCUT2D eigenvalue weighted by Gasteiger charge is 2.24. The third-order valence-corrected chi connectivity index (χ3v) is 10.5. The van der Waals surface area contributed by atoms with Gasteiger partial charge in [-0.25, -0.2) is 8.78 Å². The van der Waals surface area contributed by atoms with Crippen LogP contribution in [-0.4, -0.2) is 4.57 Å². The zero-order valence-electron chi connectivity index (χ0n) is 29.1. The number of halogens is 2. The van der Waals surface area contributed by atoms with Crippen LogP contribution in [0.2, 0.25) is 0 Å². The molecule has 10 aromatic rings. The fourth-order valence-corrected chi connectivity index (χ4v) is 8.20. The summed E-state index contributed by atoms with van der Waals surface area (Å²) >= 11 is 0. The molecule has 0 fully saturated rings. The van der Waals surface area contributed by atoms with E-state index in [0.717, 1.165) is 83.0 Å². The fraction of sp³-hybridized carbons (Fsp3) is 0. The predicted molar refractivity (Wildman–Crippen MR) is 221 cm³/mol. The summed E-state index contributed by atoms with van der Waals surface area (Å²) < 4.78 is 31.2. The second-order valence-electron chi connectivity index (χ2n) is 13.6. The largest absolute Gasteiger partial charge is 0.310 e. The SMILES string of the molecule is Fc1ccc(-c2c3ccccc3c(-c3ccc(F)cc3)c3c(N(c4ccccc4)c4ccc5c(c4)c4ccccc4n5-c4ccccc4)cccc23)cc1. The highest BCUT2D eigenvalue weighted by molar-refractivity contribution is 6.25. The van der Waals surface area contributed by atoms with E-state index in [1.165, 1.54) is 29.7 Å². The highest BCUT2D eigenvalue weighted by Crippen LogP contribution is 2.50. The van der Waals surface area contributed by atoms with Crippen molar-refractivity contribution in [3.63, 3.8) is 0 Å². The molecule has 10 rings (SSSR count). The third kappa shape index (κ3) is 5.14. The van der Waals surface area contributed by atoms with E-state index in [1.54, 1.807) is 0 Å². The van der Waals surface area contributed by atoms with Gasteiger partial charge in [-0.15, -0.1) is 0 Å². The smallest absolute Gasteiger partial charge is 0.123 e. The average Bonchev–Trinajstić information content (AvgIpc) is 3.55. The Morgan fingerprint density at radius 1 is 0.370 bits per heavy atom. The van der Waals surface area contributed by atoms with Gasteiger partial charge in [-0.1, -0.05) is 115 Å². The summed E-state index contributed by atoms with van der Waals surface area (Å²) in [5.74, 6) is -0.570. The molecule has 0 aliphatic carbocycles. The number of hydrogen-bond donors (Lipinski definition) is 0. The minimum Gasteiger partial charge on any atom is -0.310 e. The standard InChI is InChI=1S/C50H32F2N2/c51-35-26-22-33(23-27-35)48-41-17-7-8-18-42(41)49(34-24-28-36(52)29-25-34)50-43(48)19-11-21-47(50)53(37-12-3-1-4-13-37)39-30-31-46-44(32-39)40-16-9-10-20-45(40)54(46)38-14-5-2-6-15-38/h1-32H. The quantitative estimate of drug-likeness (QED) is 0.157. The molecule has 0 atom stereocenters. The number of fused-ring (bicyclic) bond motifs is 5. The van der Waals surface area contributed by atoms with Gasteiger partial charge < -0.3 is 9.47 Å². The lowest BCUT2D eigenvalue weighted by Crippen LogP contribution is -2.11. The number of aromatic nitrogens is 1. The van der Waals surface area contributed by atoms with Gasteiger partial charge in [-0.3, -0.25) is 0 Å². The normalized spacial score (nSPS) is 11.5. The van der Waals surface area contributed by atoms with Crippen molar-refractivity contribution < 1.29 is 8.78 Å². The molecule has 0 amide bonds. The Hall–Kier alpha value is -7.04. The van der Waals surface area contributed by atoms with Gasteiger partial charge >= 0.3 is 0 Å². The molecule has 0 N–H and O–H groups in total. The zero-order chi connectivity index (χ0) is 36.2. The van der Waals surface area contributed by atoms with Crippen molar-refractivity contribution >= 4 is 60.4 Å². The summed E-state index contributed by atoms with van der Waals surface area (Å²) in [5, 5.41) is 6.40. The number of rotatable bonds is 6. The molecule has 1 heterocycles. The van der Waals surface area contributed by atoms with Crippen molar-refractivity contribution in [2.45, 2.75) is 0 Å². The second-order valence-corrected chi connectivity index (χ2v) is 13.6. The summed E-state index contributed by atoms with van der Waals surface area (Å²) in [6.07, 6.45) is 0. The van der Waals surface area contributed by atoms with Crippen molar-refractivity contribution in [1.82, 2.24) is 4.57 Å². The molecule has 54 heavy (non-hydrogen) atoms. The van der Waals surface area contributed by atoms with Gasteiger partial charge in [-0.05, 0) is 117 Å². The van der Waals surface area contributed by atoms with E-state index in [0.29, 0.717) is 0 Å². The predicted octanol–water partition coefficient (Wildman–Crippen LogP) is 14.2. The number of para-hydroxylation sites is 3. The molecular weight excluding hydrogens is 667 g/mol. The first kappa shape index (κ1) is 31.7. The maximum absolute atomic E-state index is 14.5. The molecular formula is C50H32F2N2. The maximum Gasteiger partial charge on any atom is 0.123 e. The van der Waals surface area contributed by atoms with Gasteiger partial charge in [0.15, 0.2) is 0 Å². The Labute approximate surface area is 311 Å². The van der Waals surface area contributed by atoms with Crippen LogP contribution in [0, 0.1) is 11.6 Å². The monoisotopic (exact) mass is 698 g/mol. The van der Waals surface area contributed by atoms with Gasteiger partial charge in [0.2, 0.25) is 0 Å². The van der Waals surface area contributed by atoms with E-state index in [-0.39, 0.29) is 11.6 Å². The van der Waals surface area contributed by atoms with E-state index in [9.17, 15) is 8.78 Å². The topological polar surface area (TPSA) is 8.17 Å². The molecule has 0 radical (unpaired) electrons. The Morgan fingerprint density at radius 3 is 1.59 bits per heavy atom. The molecule has 0 bridgehead atoms. The first-order valence-electron chi connectivity index (χ1n) is 18.1. The van der Waals surface area contributed by atoms with Crippen molar-refractivity contribution in [1.29, 1.82) is 0 Å². The van der Waals surface area contributed by atoms with Crippen LogP contribution in [0.3, 0.4) is 0 Å². The van der Waals surface area contributed by atoms with E-state index in [2.05, 4.69) is 131 Å². The summed E-state index contributed by atoms with van der Waals surface area (Å²) in [6, 6.07) is 64.5. The fourth-order valence-electron chi connectivity index (χ4n) is 8.20. The lowest BCUT2D eigenvalue weighted by molar-refractivity contribution is 0.627. The van der Waals surface area contributed by atoms with E-state index < -0.39 is 0 Å². The maximum atomic E-state index is 14.5. The molecule has 9 aromatic carbocycles. The second kappa shape index (κ2) is 12.9. The van der Waals surface area contributed by atoms with Crippen molar-refractivity contribution in [2.75, 3.05) is 4.90 Å². The number of hydrogen-bond acceptors (Lipinski definition) is 1. The summed E-state index contributed by atoms with van der Waals surface area (Å²) in [6.45, 7) is 0. The number of benzene rings is 9. The molecule has 0 aliphatic heterocycles. The minimum atomic E-state index is -0.288. The van der Waals surface area contributed by atoms with Gasteiger partial charge in [0.05, 0.1) is 16.7 Å². The van der Waals surface area contributed by atoms with Crippen molar-refractivity contribution in [3.8, 4) is 27.9 Å². The van der Waals surface area contributed by atoms with Crippen LogP contribution in [0.5, 0.6) is 0 Å². The summed E-state index contributed by atoms with van der Waals surface area (Å²) in [7, 11) is 0. The van der Waals surface area contributed by atoms with Gasteiger partial charge in [-0.2, -0.15) is 0 Å². The molecule has 0 saturated carbocycles. The van der Waals surface area contributed by atoms with Crippen LogP contribution >= 0.6 is 0 Å². The van der Waals surface area contributed by atoms with Crippen LogP contribution < -0.4 is 4.90 Å². The lowest BCUT2D eigenvalue weighted by Gasteiger charge is -2.29.